The van der Waals surface area contributed by atoms with Crippen molar-refractivity contribution in [3.8, 4) is 5.75 Å². The van der Waals surface area contributed by atoms with Crippen molar-refractivity contribution in [1.82, 2.24) is 5.43 Å². The van der Waals surface area contributed by atoms with Crippen LogP contribution in [0, 0.1) is 10.1 Å². The first-order valence-electron chi connectivity index (χ1n) is 9.27. The van der Waals surface area contributed by atoms with Crippen LogP contribution in [0.2, 0.25) is 0 Å². The Hall–Kier alpha value is -3.72. The van der Waals surface area contributed by atoms with E-state index >= 15 is 0 Å². The summed E-state index contributed by atoms with van der Waals surface area (Å²) >= 11 is 3.36. The van der Waals surface area contributed by atoms with Gasteiger partial charge in [-0.15, -0.1) is 0 Å². The van der Waals surface area contributed by atoms with Gasteiger partial charge in [0.1, 0.15) is 12.4 Å². The van der Waals surface area contributed by atoms with Crippen molar-refractivity contribution < 1.29 is 14.5 Å². The number of halogens is 1. The van der Waals surface area contributed by atoms with Gasteiger partial charge in [-0.1, -0.05) is 28.1 Å². The summed E-state index contributed by atoms with van der Waals surface area (Å²) in [6.45, 7) is 0.369. The zero-order valence-electron chi connectivity index (χ0n) is 16.3. The summed E-state index contributed by atoms with van der Waals surface area (Å²) < 4.78 is 6.69. The fourth-order valence-corrected chi connectivity index (χ4v) is 2.80. The van der Waals surface area contributed by atoms with Gasteiger partial charge in [0.15, 0.2) is 0 Å². The summed E-state index contributed by atoms with van der Waals surface area (Å²) in [6.07, 6.45) is 1.52. The number of hydrogen-bond acceptors (Lipinski definition) is 6. The normalized spacial score (nSPS) is 10.6. The molecular formula is C22H19BrN4O4. The molecule has 0 heterocycles. The molecule has 9 heteroatoms. The number of carbonyl (C=O) groups is 1. The van der Waals surface area contributed by atoms with Crippen LogP contribution in [0.25, 0.3) is 0 Å². The van der Waals surface area contributed by atoms with Gasteiger partial charge in [-0.3, -0.25) is 14.9 Å². The second-order valence-corrected chi connectivity index (χ2v) is 7.35. The van der Waals surface area contributed by atoms with Crippen LogP contribution in [-0.2, 0) is 11.4 Å². The van der Waals surface area contributed by atoms with E-state index in [2.05, 4.69) is 31.8 Å². The third-order valence-electron chi connectivity index (χ3n) is 4.11. The van der Waals surface area contributed by atoms with Crippen molar-refractivity contribution in [3.05, 3.63) is 98.5 Å². The Morgan fingerprint density at radius 1 is 1.10 bits per heavy atom. The van der Waals surface area contributed by atoms with E-state index < -0.39 is 4.92 Å². The second-order valence-electron chi connectivity index (χ2n) is 6.44. The molecule has 2 N–H and O–H groups in total. The van der Waals surface area contributed by atoms with E-state index in [9.17, 15) is 14.9 Å². The van der Waals surface area contributed by atoms with E-state index in [1.165, 1.54) is 18.3 Å². The Balaban J connectivity index is 1.46. The monoisotopic (exact) mass is 482 g/mol. The number of hydrogen-bond donors (Lipinski definition) is 2. The molecule has 0 atom stereocenters. The van der Waals surface area contributed by atoms with Crippen LogP contribution in [0.3, 0.4) is 0 Å². The summed E-state index contributed by atoms with van der Waals surface area (Å²) in [4.78, 5) is 22.2. The zero-order chi connectivity index (χ0) is 22.1. The Bertz CT molecular complexity index is 1070. The van der Waals surface area contributed by atoms with Crippen LogP contribution >= 0.6 is 15.9 Å². The highest BCUT2D eigenvalue weighted by molar-refractivity contribution is 9.10. The number of benzene rings is 3. The van der Waals surface area contributed by atoms with E-state index in [1.54, 1.807) is 24.3 Å². The Labute approximate surface area is 187 Å². The lowest BCUT2D eigenvalue weighted by Gasteiger charge is -2.07. The molecule has 158 valence electrons. The van der Waals surface area contributed by atoms with Gasteiger partial charge < -0.3 is 10.1 Å². The zero-order valence-corrected chi connectivity index (χ0v) is 17.9. The Kier molecular flexibility index (Phi) is 7.72. The summed E-state index contributed by atoms with van der Waals surface area (Å²) in [5.74, 6) is 0.343. The van der Waals surface area contributed by atoms with Crippen LogP contribution in [0.4, 0.5) is 11.4 Å². The third kappa shape index (κ3) is 7.23. The number of nitro benzene ring substituents is 1. The fraction of sp³-hybridized carbons (Fsp3) is 0.0909. The number of non-ortho nitro benzene ring substituents is 1. The van der Waals surface area contributed by atoms with Gasteiger partial charge >= 0.3 is 0 Å². The molecule has 0 aliphatic carbocycles. The predicted octanol–water partition coefficient (Wildman–Crippen LogP) is 4.50. The van der Waals surface area contributed by atoms with Gasteiger partial charge in [-0.05, 0) is 59.7 Å². The summed E-state index contributed by atoms with van der Waals surface area (Å²) in [5, 5.41) is 17.7. The van der Waals surface area contributed by atoms with Crippen molar-refractivity contribution in [2.24, 2.45) is 5.10 Å². The Morgan fingerprint density at radius 3 is 2.55 bits per heavy atom. The van der Waals surface area contributed by atoms with E-state index in [0.717, 1.165) is 21.3 Å². The van der Waals surface area contributed by atoms with E-state index in [4.69, 9.17) is 4.74 Å². The number of anilines is 1. The number of nitro groups is 1. The molecule has 0 radical (unpaired) electrons. The number of nitrogens with one attached hydrogen (secondary N) is 2. The minimum Gasteiger partial charge on any atom is -0.489 e. The van der Waals surface area contributed by atoms with Crippen molar-refractivity contribution in [2.45, 2.75) is 6.61 Å². The molecule has 0 aliphatic rings. The maximum absolute atomic E-state index is 11.9. The molecule has 3 aromatic rings. The molecule has 0 aliphatic heterocycles. The molecule has 8 nitrogen and oxygen atoms in total. The van der Waals surface area contributed by atoms with E-state index in [1.807, 2.05) is 36.4 Å². The van der Waals surface area contributed by atoms with Crippen molar-refractivity contribution in [3.63, 3.8) is 0 Å². The molecule has 3 rings (SSSR count). The topological polar surface area (TPSA) is 106 Å². The molecule has 0 aromatic heterocycles. The lowest BCUT2D eigenvalue weighted by atomic mass is 10.2. The molecule has 0 unspecified atom stereocenters. The van der Waals surface area contributed by atoms with Gasteiger partial charge in [0.2, 0.25) is 0 Å². The van der Waals surface area contributed by atoms with Crippen LogP contribution in [0.1, 0.15) is 11.1 Å². The van der Waals surface area contributed by atoms with Gasteiger partial charge in [-0.2, -0.15) is 5.10 Å². The molecule has 3 aromatic carbocycles. The van der Waals surface area contributed by atoms with Crippen LogP contribution < -0.4 is 15.5 Å². The fourth-order valence-electron chi connectivity index (χ4n) is 2.53. The summed E-state index contributed by atoms with van der Waals surface area (Å²) in [6, 6.07) is 20.9. The first-order valence-corrected chi connectivity index (χ1v) is 10.1. The molecule has 31 heavy (non-hydrogen) atoms. The first kappa shape index (κ1) is 22.0. The maximum atomic E-state index is 11.9. The van der Waals surface area contributed by atoms with Gasteiger partial charge in [0.25, 0.3) is 11.6 Å². The summed E-state index contributed by atoms with van der Waals surface area (Å²) in [7, 11) is 0. The largest absolute Gasteiger partial charge is 0.489 e. The summed E-state index contributed by atoms with van der Waals surface area (Å²) in [5.41, 5.74) is 4.91. The maximum Gasteiger partial charge on any atom is 0.269 e. The SMILES string of the molecule is O=C(CNc1ccc(Br)cc1)N/N=C\c1cccc(OCc2ccc([N+](=O)[O-])cc2)c1. The third-order valence-corrected chi connectivity index (χ3v) is 4.64. The van der Waals surface area contributed by atoms with Gasteiger partial charge in [0.05, 0.1) is 17.7 Å². The highest BCUT2D eigenvalue weighted by Crippen LogP contribution is 2.17. The number of hydrazone groups is 1. The van der Waals surface area contributed by atoms with Crippen LogP contribution in [-0.4, -0.2) is 23.6 Å². The number of amides is 1. The van der Waals surface area contributed by atoms with Gasteiger partial charge in [-0.25, -0.2) is 5.43 Å². The van der Waals surface area contributed by atoms with Gasteiger partial charge in [0, 0.05) is 22.3 Å². The molecule has 0 saturated heterocycles. The minimum atomic E-state index is -0.441. The highest BCUT2D eigenvalue weighted by Gasteiger charge is 2.04. The average molecular weight is 483 g/mol. The van der Waals surface area contributed by atoms with Crippen LogP contribution in [0.5, 0.6) is 5.75 Å². The lowest BCUT2D eigenvalue weighted by Crippen LogP contribution is -2.25. The van der Waals surface area contributed by atoms with Crippen molar-refractivity contribution in [2.75, 3.05) is 11.9 Å². The first-order chi connectivity index (χ1) is 15.0. The van der Waals surface area contributed by atoms with E-state index in [0.29, 0.717) is 5.75 Å². The number of carbonyl (C=O) groups excluding carboxylic acids is 1. The standard InChI is InChI=1S/C22H19BrN4O4/c23-18-6-8-19(9-7-18)24-14-22(28)26-25-13-17-2-1-3-21(12-17)31-15-16-4-10-20(11-5-16)27(29)30/h1-13,24H,14-15H2,(H,26,28)/b25-13-. The van der Waals surface area contributed by atoms with Crippen LogP contribution in [0.15, 0.2) is 82.4 Å². The molecule has 0 fully saturated rings. The van der Waals surface area contributed by atoms with Crippen molar-refractivity contribution >= 4 is 39.4 Å². The molecular weight excluding hydrogens is 464 g/mol. The second kappa shape index (κ2) is 10.9. The van der Waals surface area contributed by atoms with Crippen molar-refractivity contribution in [1.29, 1.82) is 0 Å². The smallest absolute Gasteiger partial charge is 0.269 e. The molecule has 0 saturated carbocycles. The number of rotatable bonds is 9. The predicted molar refractivity (Wildman–Crippen MR) is 122 cm³/mol. The highest BCUT2D eigenvalue weighted by atomic mass is 79.9. The minimum absolute atomic E-state index is 0.0380. The quantitative estimate of drug-likeness (QED) is 0.265. The van der Waals surface area contributed by atoms with E-state index in [-0.39, 0.29) is 24.7 Å². The lowest BCUT2D eigenvalue weighted by molar-refractivity contribution is -0.384. The number of nitrogens with zero attached hydrogens (tertiary/aromatic N) is 2. The number of ether oxygens (including phenoxy) is 1. The Morgan fingerprint density at radius 2 is 1.84 bits per heavy atom. The average Bonchev–Trinajstić information content (AvgIpc) is 2.78. The molecule has 1 amide bonds. The molecule has 0 spiro atoms. The molecule has 0 bridgehead atoms.